The van der Waals surface area contributed by atoms with Crippen LogP contribution in [0.2, 0.25) is 0 Å². The molecule has 0 aromatic carbocycles. The molecule has 0 saturated carbocycles. The van der Waals surface area contributed by atoms with E-state index in [1.165, 1.54) is 0 Å². The van der Waals surface area contributed by atoms with E-state index in [0.29, 0.717) is 18.3 Å². The standard InChI is InChI=1S/C9H20N2O/c1-7(2)4-8(6-11-3)5-9(10)12/h7-8,11H,4-6H2,1-3H3,(H2,10,12). The molecule has 12 heavy (non-hydrogen) atoms. The lowest BCUT2D eigenvalue weighted by molar-refractivity contribution is -0.119. The predicted molar refractivity (Wildman–Crippen MR) is 50.7 cm³/mol. The van der Waals surface area contributed by atoms with Gasteiger partial charge in [-0.05, 0) is 31.8 Å². The molecule has 0 aromatic heterocycles. The first kappa shape index (κ1) is 11.4. The zero-order valence-corrected chi connectivity index (χ0v) is 8.26. The number of nitrogens with one attached hydrogen (secondary N) is 1. The Labute approximate surface area is 74.7 Å². The predicted octanol–water partition coefficient (Wildman–Crippen LogP) is 0.743. The number of primary amides is 1. The second kappa shape index (κ2) is 6.00. The van der Waals surface area contributed by atoms with Gasteiger partial charge in [-0.25, -0.2) is 0 Å². The van der Waals surface area contributed by atoms with Crippen molar-refractivity contribution in [3.05, 3.63) is 0 Å². The van der Waals surface area contributed by atoms with Gasteiger partial charge in [-0.3, -0.25) is 4.79 Å². The molecule has 0 aliphatic rings. The monoisotopic (exact) mass is 172 g/mol. The van der Waals surface area contributed by atoms with Gasteiger partial charge in [-0.2, -0.15) is 0 Å². The van der Waals surface area contributed by atoms with Crippen LogP contribution in [-0.2, 0) is 4.79 Å². The summed E-state index contributed by atoms with van der Waals surface area (Å²) in [5.74, 6) is 0.825. The van der Waals surface area contributed by atoms with Gasteiger partial charge in [0, 0.05) is 6.42 Å². The van der Waals surface area contributed by atoms with E-state index in [1.807, 2.05) is 7.05 Å². The maximum Gasteiger partial charge on any atom is 0.217 e. The highest BCUT2D eigenvalue weighted by atomic mass is 16.1. The fraction of sp³-hybridized carbons (Fsp3) is 0.889. The Morgan fingerprint density at radius 3 is 2.42 bits per heavy atom. The van der Waals surface area contributed by atoms with E-state index >= 15 is 0 Å². The number of carbonyl (C=O) groups excluding carboxylic acids is 1. The zero-order chi connectivity index (χ0) is 9.56. The topological polar surface area (TPSA) is 55.1 Å². The molecule has 0 heterocycles. The van der Waals surface area contributed by atoms with Crippen LogP contribution in [0.5, 0.6) is 0 Å². The highest BCUT2D eigenvalue weighted by Gasteiger charge is 2.12. The van der Waals surface area contributed by atoms with Crippen LogP contribution < -0.4 is 11.1 Å². The Morgan fingerprint density at radius 1 is 1.50 bits per heavy atom. The molecule has 1 amide bonds. The van der Waals surface area contributed by atoms with Gasteiger partial charge in [0.1, 0.15) is 0 Å². The normalized spacial score (nSPS) is 13.3. The Morgan fingerprint density at radius 2 is 2.08 bits per heavy atom. The molecule has 0 aliphatic carbocycles. The van der Waals surface area contributed by atoms with Crippen molar-refractivity contribution in [2.75, 3.05) is 13.6 Å². The zero-order valence-electron chi connectivity index (χ0n) is 8.26. The van der Waals surface area contributed by atoms with Crippen molar-refractivity contribution >= 4 is 5.91 Å². The largest absolute Gasteiger partial charge is 0.370 e. The lowest BCUT2D eigenvalue weighted by atomic mass is 9.94. The van der Waals surface area contributed by atoms with Gasteiger partial charge in [0.2, 0.25) is 5.91 Å². The van der Waals surface area contributed by atoms with Crippen LogP contribution in [-0.4, -0.2) is 19.5 Å². The molecule has 0 aromatic rings. The summed E-state index contributed by atoms with van der Waals surface area (Å²) >= 11 is 0. The van der Waals surface area contributed by atoms with Crippen LogP contribution in [0.1, 0.15) is 26.7 Å². The lowest BCUT2D eigenvalue weighted by Crippen LogP contribution is -2.25. The molecule has 3 nitrogen and oxygen atoms in total. The molecule has 3 heteroatoms. The molecule has 0 fully saturated rings. The van der Waals surface area contributed by atoms with Crippen molar-refractivity contribution < 1.29 is 4.79 Å². The van der Waals surface area contributed by atoms with Crippen LogP contribution in [0.15, 0.2) is 0 Å². The van der Waals surface area contributed by atoms with Crippen molar-refractivity contribution in [2.45, 2.75) is 26.7 Å². The summed E-state index contributed by atoms with van der Waals surface area (Å²) in [4.78, 5) is 10.7. The number of hydrogen-bond acceptors (Lipinski definition) is 2. The molecule has 0 rings (SSSR count). The number of nitrogens with two attached hydrogens (primary N) is 1. The second-order valence-electron chi connectivity index (χ2n) is 3.72. The molecule has 0 aliphatic heterocycles. The van der Waals surface area contributed by atoms with Crippen molar-refractivity contribution in [1.82, 2.24) is 5.32 Å². The van der Waals surface area contributed by atoms with Crippen molar-refractivity contribution in [3.63, 3.8) is 0 Å². The maximum absolute atomic E-state index is 10.7. The van der Waals surface area contributed by atoms with E-state index in [1.54, 1.807) is 0 Å². The van der Waals surface area contributed by atoms with Gasteiger partial charge in [0.05, 0.1) is 0 Å². The first-order valence-electron chi connectivity index (χ1n) is 4.49. The quantitative estimate of drug-likeness (QED) is 0.621. The van der Waals surface area contributed by atoms with E-state index in [9.17, 15) is 4.79 Å². The molecular weight excluding hydrogens is 152 g/mol. The highest BCUT2D eigenvalue weighted by molar-refractivity contribution is 5.74. The fourth-order valence-corrected chi connectivity index (χ4v) is 1.48. The smallest absolute Gasteiger partial charge is 0.217 e. The number of carbonyl (C=O) groups is 1. The Bertz CT molecular complexity index is 134. The summed E-state index contributed by atoms with van der Waals surface area (Å²) in [7, 11) is 1.90. The summed E-state index contributed by atoms with van der Waals surface area (Å²) in [6.45, 7) is 5.19. The summed E-state index contributed by atoms with van der Waals surface area (Å²) < 4.78 is 0. The summed E-state index contributed by atoms with van der Waals surface area (Å²) in [6, 6.07) is 0. The third-order valence-electron chi connectivity index (χ3n) is 1.79. The third-order valence-corrected chi connectivity index (χ3v) is 1.79. The molecule has 0 saturated heterocycles. The van der Waals surface area contributed by atoms with Gasteiger partial charge in [0.25, 0.3) is 0 Å². The van der Waals surface area contributed by atoms with Crippen LogP contribution in [0, 0.1) is 11.8 Å². The van der Waals surface area contributed by atoms with Crippen LogP contribution >= 0.6 is 0 Å². The van der Waals surface area contributed by atoms with Gasteiger partial charge >= 0.3 is 0 Å². The van der Waals surface area contributed by atoms with Crippen molar-refractivity contribution in [3.8, 4) is 0 Å². The van der Waals surface area contributed by atoms with E-state index in [-0.39, 0.29) is 5.91 Å². The van der Waals surface area contributed by atoms with E-state index in [0.717, 1.165) is 13.0 Å². The molecular formula is C9H20N2O. The van der Waals surface area contributed by atoms with E-state index < -0.39 is 0 Å². The third kappa shape index (κ3) is 6.16. The Balaban J connectivity index is 3.77. The van der Waals surface area contributed by atoms with Gasteiger partial charge in [0.15, 0.2) is 0 Å². The van der Waals surface area contributed by atoms with Gasteiger partial charge in [-0.1, -0.05) is 13.8 Å². The minimum Gasteiger partial charge on any atom is -0.370 e. The van der Waals surface area contributed by atoms with Crippen LogP contribution in [0.4, 0.5) is 0 Å². The minimum atomic E-state index is -0.198. The Kier molecular flexibility index (Phi) is 5.72. The first-order chi connectivity index (χ1) is 5.56. The average molecular weight is 172 g/mol. The lowest BCUT2D eigenvalue weighted by Gasteiger charge is -2.16. The van der Waals surface area contributed by atoms with Crippen molar-refractivity contribution in [2.24, 2.45) is 17.6 Å². The SMILES string of the molecule is CNCC(CC(N)=O)CC(C)C. The average Bonchev–Trinajstić information content (AvgIpc) is 1.84. The van der Waals surface area contributed by atoms with Crippen LogP contribution in [0.25, 0.3) is 0 Å². The maximum atomic E-state index is 10.7. The molecule has 3 N–H and O–H groups in total. The van der Waals surface area contributed by atoms with E-state index in [4.69, 9.17) is 5.73 Å². The minimum absolute atomic E-state index is 0.198. The highest BCUT2D eigenvalue weighted by Crippen LogP contribution is 2.13. The summed E-state index contributed by atoms with van der Waals surface area (Å²) in [5, 5.41) is 3.07. The Hall–Kier alpha value is -0.570. The second-order valence-corrected chi connectivity index (χ2v) is 3.72. The molecule has 1 unspecified atom stereocenters. The summed E-state index contributed by atoms with van der Waals surface area (Å²) in [5.41, 5.74) is 5.13. The molecule has 1 atom stereocenters. The molecule has 0 bridgehead atoms. The van der Waals surface area contributed by atoms with E-state index in [2.05, 4.69) is 19.2 Å². The van der Waals surface area contributed by atoms with Gasteiger partial charge < -0.3 is 11.1 Å². The summed E-state index contributed by atoms with van der Waals surface area (Å²) in [6.07, 6.45) is 1.56. The first-order valence-corrected chi connectivity index (χ1v) is 4.49. The van der Waals surface area contributed by atoms with Gasteiger partial charge in [-0.15, -0.1) is 0 Å². The molecule has 0 radical (unpaired) electrons. The molecule has 0 spiro atoms. The number of amides is 1. The van der Waals surface area contributed by atoms with Crippen LogP contribution in [0.3, 0.4) is 0 Å². The van der Waals surface area contributed by atoms with Crippen molar-refractivity contribution in [1.29, 1.82) is 0 Å². The fourth-order valence-electron chi connectivity index (χ4n) is 1.48. The molecule has 72 valence electrons. The number of rotatable bonds is 6. The number of hydrogen-bond donors (Lipinski definition) is 2.